The van der Waals surface area contributed by atoms with Crippen LogP contribution in [0, 0.1) is 0 Å². The summed E-state index contributed by atoms with van der Waals surface area (Å²) in [4.78, 5) is 14.6. The van der Waals surface area contributed by atoms with E-state index in [0.717, 1.165) is 12.1 Å². The normalized spacial score (nSPS) is 12.1. The average molecular weight is 363 g/mol. The van der Waals surface area contributed by atoms with E-state index >= 15 is 0 Å². The van der Waals surface area contributed by atoms with Gasteiger partial charge >= 0.3 is 0 Å². The average Bonchev–Trinajstić information content (AvgIpc) is 3.19. The van der Waals surface area contributed by atoms with E-state index in [0.29, 0.717) is 12.2 Å². The number of hydrogen-bond donors (Lipinski definition) is 1. The van der Waals surface area contributed by atoms with Gasteiger partial charge in [0.15, 0.2) is 5.69 Å². The van der Waals surface area contributed by atoms with E-state index in [4.69, 9.17) is 0 Å². The molecule has 0 spiro atoms. The van der Waals surface area contributed by atoms with E-state index in [9.17, 15) is 4.79 Å². The number of carbonyl (C=O) groups is 1. The van der Waals surface area contributed by atoms with Crippen molar-refractivity contribution in [2.75, 3.05) is 20.6 Å². The first-order chi connectivity index (χ1) is 13.1. The molecule has 1 unspecified atom stereocenters. The summed E-state index contributed by atoms with van der Waals surface area (Å²) < 4.78 is 1.60. The molecule has 1 aromatic heterocycles. The summed E-state index contributed by atoms with van der Waals surface area (Å²) in [6.45, 7) is 2.64. The van der Waals surface area contributed by atoms with Crippen LogP contribution in [0.3, 0.4) is 0 Å². The lowest BCUT2D eigenvalue weighted by atomic mass is 10.0. The smallest absolute Gasteiger partial charge is 0.273 e. The highest BCUT2D eigenvalue weighted by molar-refractivity contribution is 5.91. The summed E-state index contributed by atoms with van der Waals surface area (Å²) in [7, 11) is 4.02. The Bertz CT molecular complexity index is 871. The molecule has 2 aromatic carbocycles. The molecule has 3 rings (SSSR count). The monoisotopic (exact) mass is 363 g/mol. The highest BCUT2D eigenvalue weighted by atomic mass is 16.2. The van der Waals surface area contributed by atoms with E-state index in [1.54, 1.807) is 10.9 Å². The number of aromatic nitrogens is 3. The maximum Gasteiger partial charge on any atom is 0.273 e. The van der Waals surface area contributed by atoms with Gasteiger partial charge in [0.2, 0.25) is 0 Å². The van der Waals surface area contributed by atoms with Crippen molar-refractivity contribution in [3.8, 4) is 5.69 Å². The Balaban J connectivity index is 1.66. The Morgan fingerprint density at radius 3 is 2.44 bits per heavy atom. The first kappa shape index (κ1) is 18.8. The van der Waals surface area contributed by atoms with Crippen molar-refractivity contribution >= 4 is 5.91 Å². The quantitative estimate of drug-likeness (QED) is 0.701. The number of carbonyl (C=O) groups excluding carboxylic acids is 1. The lowest BCUT2D eigenvalue weighted by Gasteiger charge is -2.25. The number of likely N-dealkylation sites (N-methyl/N-ethyl adjacent to an activating group) is 1. The molecule has 0 aliphatic heterocycles. The molecule has 1 heterocycles. The van der Waals surface area contributed by atoms with Crippen LogP contribution < -0.4 is 5.32 Å². The molecule has 0 aliphatic carbocycles. The molecule has 0 aliphatic rings. The lowest BCUT2D eigenvalue weighted by molar-refractivity contribution is 0.0937. The van der Waals surface area contributed by atoms with Crippen LogP contribution in [0.4, 0.5) is 0 Å². The fourth-order valence-electron chi connectivity index (χ4n) is 2.93. The van der Waals surface area contributed by atoms with Gasteiger partial charge in [0.1, 0.15) is 0 Å². The minimum absolute atomic E-state index is 0.0871. The van der Waals surface area contributed by atoms with Crippen molar-refractivity contribution in [3.05, 3.63) is 77.6 Å². The summed E-state index contributed by atoms with van der Waals surface area (Å²) in [5, 5.41) is 11.0. The summed E-state index contributed by atoms with van der Waals surface area (Å²) in [5.74, 6) is -0.228. The van der Waals surface area contributed by atoms with E-state index in [2.05, 4.69) is 51.7 Å². The maximum atomic E-state index is 12.5. The van der Waals surface area contributed by atoms with Crippen LogP contribution in [-0.2, 0) is 6.42 Å². The van der Waals surface area contributed by atoms with Gasteiger partial charge in [-0.05, 0) is 43.8 Å². The van der Waals surface area contributed by atoms with Gasteiger partial charge < -0.3 is 10.2 Å². The van der Waals surface area contributed by atoms with Gasteiger partial charge in [-0.25, -0.2) is 4.68 Å². The molecule has 0 saturated carbocycles. The van der Waals surface area contributed by atoms with Crippen LogP contribution in [0.25, 0.3) is 5.69 Å². The molecule has 1 N–H and O–H groups in total. The second kappa shape index (κ2) is 8.60. The van der Waals surface area contributed by atoms with Crippen molar-refractivity contribution < 1.29 is 4.79 Å². The topological polar surface area (TPSA) is 63.1 Å². The Kier molecular flexibility index (Phi) is 5.98. The summed E-state index contributed by atoms with van der Waals surface area (Å²) in [6.07, 6.45) is 2.66. The summed E-state index contributed by atoms with van der Waals surface area (Å²) in [6, 6.07) is 18.2. The zero-order chi connectivity index (χ0) is 19.2. The third-order valence-corrected chi connectivity index (χ3v) is 4.60. The number of nitrogens with zero attached hydrogens (tertiary/aromatic N) is 4. The third kappa shape index (κ3) is 4.60. The van der Waals surface area contributed by atoms with Gasteiger partial charge in [0, 0.05) is 6.54 Å². The number of aryl methyl sites for hydroxylation is 1. The van der Waals surface area contributed by atoms with E-state index in [-0.39, 0.29) is 11.9 Å². The number of benzene rings is 2. The minimum atomic E-state index is -0.228. The first-order valence-corrected chi connectivity index (χ1v) is 9.09. The Labute approximate surface area is 159 Å². The third-order valence-electron chi connectivity index (χ3n) is 4.60. The van der Waals surface area contributed by atoms with Crippen LogP contribution >= 0.6 is 0 Å². The van der Waals surface area contributed by atoms with Crippen molar-refractivity contribution in [2.45, 2.75) is 19.4 Å². The molecule has 1 atom stereocenters. The Hall–Kier alpha value is -2.99. The van der Waals surface area contributed by atoms with Crippen LogP contribution in [-0.4, -0.2) is 46.4 Å². The molecule has 0 bridgehead atoms. The minimum Gasteiger partial charge on any atom is -0.349 e. The van der Waals surface area contributed by atoms with Gasteiger partial charge in [-0.2, -0.15) is 0 Å². The van der Waals surface area contributed by atoms with Gasteiger partial charge in [0.05, 0.1) is 17.9 Å². The standard InChI is InChI=1S/C21H25N5O/c1-4-16-10-12-17(13-11-16)20(25(2)3)14-22-21(27)19-15-26(24-23-19)18-8-6-5-7-9-18/h5-13,15,20H,4,14H2,1-3H3,(H,22,27). The molecular weight excluding hydrogens is 338 g/mol. The Morgan fingerprint density at radius 2 is 1.81 bits per heavy atom. The number of para-hydroxylation sites is 1. The van der Waals surface area contributed by atoms with E-state index < -0.39 is 0 Å². The second-order valence-electron chi connectivity index (χ2n) is 6.67. The van der Waals surface area contributed by atoms with Gasteiger partial charge in [-0.1, -0.05) is 54.6 Å². The number of rotatable bonds is 7. The van der Waals surface area contributed by atoms with Gasteiger partial charge in [-0.15, -0.1) is 5.10 Å². The summed E-state index contributed by atoms with van der Waals surface area (Å²) >= 11 is 0. The maximum absolute atomic E-state index is 12.5. The fraction of sp³-hybridized carbons (Fsp3) is 0.286. The van der Waals surface area contributed by atoms with Crippen LogP contribution in [0.15, 0.2) is 60.8 Å². The van der Waals surface area contributed by atoms with Crippen molar-refractivity contribution in [1.29, 1.82) is 0 Å². The number of nitrogens with one attached hydrogen (secondary N) is 1. The molecule has 140 valence electrons. The first-order valence-electron chi connectivity index (χ1n) is 9.09. The van der Waals surface area contributed by atoms with Crippen molar-refractivity contribution in [3.63, 3.8) is 0 Å². The molecule has 0 saturated heterocycles. The highest BCUT2D eigenvalue weighted by Crippen LogP contribution is 2.18. The molecule has 0 radical (unpaired) electrons. The molecular formula is C21H25N5O. The van der Waals surface area contributed by atoms with Crippen molar-refractivity contribution in [1.82, 2.24) is 25.2 Å². The zero-order valence-corrected chi connectivity index (χ0v) is 16.0. The Morgan fingerprint density at radius 1 is 1.11 bits per heavy atom. The molecule has 6 nitrogen and oxygen atoms in total. The molecule has 0 fully saturated rings. The number of hydrogen-bond acceptors (Lipinski definition) is 4. The van der Waals surface area contributed by atoms with E-state index in [1.165, 1.54) is 11.1 Å². The van der Waals surface area contributed by atoms with Gasteiger partial charge in [0.25, 0.3) is 5.91 Å². The van der Waals surface area contributed by atoms with Crippen molar-refractivity contribution in [2.24, 2.45) is 0 Å². The lowest BCUT2D eigenvalue weighted by Crippen LogP contribution is -2.34. The number of amides is 1. The molecule has 6 heteroatoms. The predicted molar refractivity (Wildman–Crippen MR) is 106 cm³/mol. The predicted octanol–water partition coefficient (Wildman–Crippen LogP) is 2.86. The largest absolute Gasteiger partial charge is 0.349 e. The fourth-order valence-corrected chi connectivity index (χ4v) is 2.93. The molecule has 3 aromatic rings. The van der Waals surface area contributed by atoms with Crippen LogP contribution in [0.1, 0.15) is 34.6 Å². The second-order valence-corrected chi connectivity index (χ2v) is 6.67. The molecule has 1 amide bonds. The van der Waals surface area contributed by atoms with E-state index in [1.807, 2.05) is 44.4 Å². The van der Waals surface area contributed by atoms with Crippen LogP contribution in [0.2, 0.25) is 0 Å². The SMILES string of the molecule is CCc1ccc(C(CNC(=O)c2cn(-c3ccccc3)nn2)N(C)C)cc1. The zero-order valence-electron chi connectivity index (χ0n) is 16.0. The van der Waals surface area contributed by atoms with Crippen LogP contribution in [0.5, 0.6) is 0 Å². The highest BCUT2D eigenvalue weighted by Gasteiger charge is 2.17. The van der Waals surface area contributed by atoms with Gasteiger partial charge in [-0.3, -0.25) is 4.79 Å². The summed E-state index contributed by atoms with van der Waals surface area (Å²) in [5.41, 5.74) is 3.65. The molecule has 27 heavy (non-hydrogen) atoms.